The number of nitrogens with one attached hydrogen (secondary N) is 1. The first-order valence-corrected chi connectivity index (χ1v) is 6.65. The van der Waals surface area contributed by atoms with Crippen LogP contribution in [-0.4, -0.2) is 12.6 Å². The summed E-state index contributed by atoms with van der Waals surface area (Å²) in [5.74, 6) is 0.893. The molecule has 0 amide bonds. The van der Waals surface area contributed by atoms with E-state index in [1.54, 1.807) is 0 Å². The summed E-state index contributed by atoms with van der Waals surface area (Å²) in [6.45, 7) is 15.3. The summed E-state index contributed by atoms with van der Waals surface area (Å²) in [5.41, 5.74) is 1.03. The third-order valence-electron chi connectivity index (χ3n) is 4.67. The average molecular weight is 211 g/mol. The largest absolute Gasteiger partial charge is 0.314 e. The van der Waals surface area contributed by atoms with Gasteiger partial charge in [-0.15, -0.1) is 0 Å². The SMILES string of the molecule is CCNC1CC(C(C)(C)C)C1(CC)CC. The first-order valence-electron chi connectivity index (χ1n) is 6.65. The first kappa shape index (κ1) is 13.0. The van der Waals surface area contributed by atoms with Gasteiger partial charge in [-0.3, -0.25) is 0 Å². The van der Waals surface area contributed by atoms with Crippen molar-refractivity contribution in [1.82, 2.24) is 5.32 Å². The average Bonchev–Trinajstić information content (AvgIpc) is 2.12. The molecule has 0 aromatic rings. The van der Waals surface area contributed by atoms with Crippen molar-refractivity contribution in [2.45, 2.75) is 66.8 Å². The molecule has 1 fully saturated rings. The maximum Gasteiger partial charge on any atom is 0.0129 e. The Morgan fingerprint density at radius 1 is 1.13 bits per heavy atom. The van der Waals surface area contributed by atoms with Crippen LogP contribution in [-0.2, 0) is 0 Å². The monoisotopic (exact) mass is 211 g/mol. The zero-order valence-electron chi connectivity index (χ0n) is 11.5. The normalized spacial score (nSPS) is 30.0. The summed E-state index contributed by atoms with van der Waals surface area (Å²) in [6.07, 6.45) is 4.02. The van der Waals surface area contributed by atoms with Crippen molar-refractivity contribution in [3.05, 3.63) is 0 Å². The molecule has 0 saturated heterocycles. The predicted molar refractivity (Wildman–Crippen MR) is 68.0 cm³/mol. The Hall–Kier alpha value is -0.0400. The summed E-state index contributed by atoms with van der Waals surface area (Å²) in [6, 6.07) is 0.765. The van der Waals surface area contributed by atoms with E-state index >= 15 is 0 Å². The van der Waals surface area contributed by atoms with E-state index in [0.29, 0.717) is 10.8 Å². The lowest BCUT2D eigenvalue weighted by Gasteiger charge is -2.61. The summed E-state index contributed by atoms with van der Waals surface area (Å²) in [4.78, 5) is 0. The summed E-state index contributed by atoms with van der Waals surface area (Å²) >= 11 is 0. The second kappa shape index (κ2) is 4.45. The predicted octanol–water partition coefficient (Wildman–Crippen LogP) is 3.84. The van der Waals surface area contributed by atoms with Crippen LogP contribution < -0.4 is 5.32 Å². The van der Waals surface area contributed by atoms with E-state index in [4.69, 9.17) is 0 Å². The maximum atomic E-state index is 3.68. The molecule has 2 atom stereocenters. The fourth-order valence-corrected chi connectivity index (χ4v) is 3.77. The highest BCUT2D eigenvalue weighted by Gasteiger charge is 2.55. The zero-order chi connectivity index (χ0) is 11.7. The van der Waals surface area contributed by atoms with Crippen molar-refractivity contribution >= 4 is 0 Å². The molecular formula is C14H29N. The third kappa shape index (κ3) is 2.08. The van der Waals surface area contributed by atoms with Crippen molar-refractivity contribution in [3.63, 3.8) is 0 Å². The van der Waals surface area contributed by atoms with Crippen LogP contribution in [0.3, 0.4) is 0 Å². The van der Waals surface area contributed by atoms with E-state index in [-0.39, 0.29) is 0 Å². The van der Waals surface area contributed by atoms with Crippen LogP contribution in [0.4, 0.5) is 0 Å². The Balaban J connectivity index is 2.80. The van der Waals surface area contributed by atoms with Crippen molar-refractivity contribution < 1.29 is 0 Å². The van der Waals surface area contributed by atoms with E-state index in [1.807, 2.05) is 0 Å². The Labute approximate surface area is 96.0 Å². The molecule has 0 heterocycles. The third-order valence-corrected chi connectivity index (χ3v) is 4.67. The lowest BCUT2D eigenvalue weighted by Crippen LogP contribution is -2.62. The minimum atomic E-state index is 0.470. The van der Waals surface area contributed by atoms with Gasteiger partial charge in [0.1, 0.15) is 0 Å². The summed E-state index contributed by atoms with van der Waals surface area (Å²) in [5, 5.41) is 3.68. The minimum absolute atomic E-state index is 0.470. The molecule has 1 N–H and O–H groups in total. The Kier molecular flexibility index (Phi) is 3.86. The molecule has 0 aromatic carbocycles. The van der Waals surface area contributed by atoms with Gasteiger partial charge >= 0.3 is 0 Å². The van der Waals surface area contributed by atoms with Crippen molar-refractivity contribution in [3.8, 4) is 0 Å². The molecule has 1 saturated carbocycles. The minimum Gasteiger partial charge on any atom is -0.314 e. The van der Waals surface area contributed by atoms with E-state index in [2.05, 4.69) is 46.9 Å². The van der Waals surface area contributed by atoms with Crippen molar-refractivity contribution in [1.29, 1.82) is 0 Å². The van der Waals surface area contributed by atoms with Gasteiger partial charge in [0.15, 0.2) is 0 Å². The molecule has 0 spiro atoms. The van der Waals surface area contributed by atoms with Gasteiger partial charge in [0.05, 0.1) is 0 Å². The van der Waals surface area contributed by atoms with Gasteiger partial charge in [0.25, 0.3) is 0 Å². The molecule has 15 heavy (non-hydrogen) atoms. The van der Waals surface area contributed by atoms with Gasteiger partial charge in [0, 0.05) is 6.04 Å². The summed E-state index contributed by atoms with van der Waals surface area (Å²) < 4.78 is 0. The Morgan fingerprint density at radius 3 is 2.00 bits per heavy atom. The van der Waals surface area contributed by atoms with Gasteiger partial charge in [-0.05, 0) is 42.6 Å². The van der Waals surface area contributed by atoms with Crippen molar-refractivity contribution in [2.24, 2.45) is 16.7 Å². The van der Waals surface area contributed by atoms with Gasteiger partial charge in [-0.25, -0.2) is 0 Å². The summed E-state index contributed by atoms with van der Waals surface area (Å²) in [7, 11) is 0. The van der Waals surface area contributed by atoms with E-state index in [9.17, 15) is 0 Å². The highest BCUT2D eigenvalue weighted by atomic mass is 15.0. The molecule has 0 radical (unpaired) electrons. The van der Waals surface area contributed by atoms with Crippen LogP contribution in [0.25, 0.3) is 0 Å². The van der Waals surface area contributed by atoms with Crippen LogP contribution in [0.1, 0.15) is 60.8 Å². The number of rotatable bonds is 4. The molecule has 0 aromatic heterocycles. The van der Waals surface area contributed by atoms with Crippen LogP contribution >= 0.6 is 0 Å². The van der Waals surface area contributed by atoms with E-state index < -0.39 is 0 Å². The molecule has 1 aliphatic carbocycles. The highest BCUT2D eigenvalue weighted by molar-refractivity contribution is 5.08. The fourth-order valence-electron chi connectivity index (χ4n) is 3.77. The topological polar surface area (TPSA) is 12.0 Å². The Morgan fingerprint density at radius 2 is 1.67 bits per heavy atom. The maximum absolute atomic E-state index is 3.68. The van der Waals surface area contributed by atoms with E-state index in [0.717, 1.165) is 18.5 Å². The standard InChI is InChI=1S/C14H29N/c1-7-14(8-2)11(13(4,5)6)10-12(14)15-9-3/h11-12,15H,7-10H2,1-6H3. The molecule has 90 valence electrons. The molecule has 1 aliphatic rings. The molecule has 1 nitrogen and oxygen atoms in total. The van der Waals surface area contributed by atoms with Crippen molar-refractivity contribution in [2.75, 3.05) is 6.54 Å². The molecule has 1 rings (SSSR count). The van der Waals surface area contributed by atoms with Crippen LogP contribution in [0, 0.1) is 16.7 Å². The molecule has 0 aliphatic heterocycles. The molecule has 2 unspecified atom stereocenters. The van der Waals surface area contributed by atoms with Gasteiger partial charge < -0.3 is 5.32 Å². The van der Waals surface area contributed by atoms with Gasteiger partial charge in [-0.1, -0.05) is 41.5 Å². The zero-order valence-corrected chi connectivity index (χ0v) is 11.5. The molecule has 1 heteroatoms. The van der Waals surface area contributed by atoms with Crippen LogP contribution in [0.5, 0.6) is 0 Å². The van der Waals surface area contributed by atoms with E-state index in [1.165, 1.54) is 19.3 Å². The number of hydrogen-bond acceptors (Lipinski definition) is 1. The lowest BCUT2D eigenvalue weighted by atomic mass is 9.47. The Bertz CT molecular complexity index is 198. The first-order chi connectivity index (χ1) is 6.92. The molecular weight excluding hydrogens is 182 g/mol. The van der Waals surface area contributed by atoms with Gasteiger partial charge in [0.2, 0.25) is 0 Å². The second-order valence-corrected chi connectivity index (χ2v) is 6.20. The second-order valence-electron chi connectivity index (χ2n) is 6.20. The van der Waals surface area contributed by atoms with Gasteiger partial charge in [-0.2, -0.15) is 0 Å². The highest BCUT2D eigenvalue weighted by Crippen LogP contribution is 2.58. The van der Waals surface area contributed by atoms with Crippen LogP contribution in [0.2, 0.25) is 0 Å². The smallest absolute Gasteiger partial charge is 0.0129 e. The lowest BCUT2D eigenvalue weighted by molar-refractivity contribution is -0.0888. The number of hydrogen-bond donors (Lipinski definition) is 1. The quantitative estimate of drug-likeness (QED) is 0.745. The van der Waals surface area contributed by atoms with Crippen LogP contribution in [0.15, 0.2) is 0 Å². The molecule has 0 bridgehead atoms. The fraction of sp³-hybridized carbons (Fsp3) is 1.00.